The Bertz CT molecular complexity index is 537. The van der Waals surface area contributed by atoms with Crippen LogP contribution in [0.25, 0.3) is 0 Å². The zero-order valence-electron chi connectivity index (χ0n) is 14.1. The molecule has 0 radical (unpaired) electrons. The molecule has 1 fully saturated rings. The van der Waals surface area contributed by atoms with Gasteiger partial charge < -0.3 is 15.0 Å². The van der Waals surface area contributed by atoms with Crippen LogP contribution in [0.4, 0.5) is 0 Å². The topological polar surface area (TPSA) is 58.6 Å². The minimum absolute atomic E-state index is 0.0119. The summed E-state index contributed by atoms with van der Waals surface area (Å²) < 4.78 is 5.63. The molecule has 2 rings (SSSR count). The van der Waals surface area contributed by atoms with E-state index in [0.29, 0.717) is 26.0 Å². The molecule has 126 valence electrons. The summed E-state index contributed by atoms with van der Waals surface area (Å²) in [4.78, 5) is 25.1. The summed E-state index contributed by atoms with van der Waals surface area (Å²) in [6, 6.07) is 6.03. The number of likely N-dealkylation sites (tertiary alicyclic amines) is 1. The molecule has 0 atom stereocenters. The summed E-state index contributed by atoms with van der Waals surface area (Å²) >= 11 is 0. The molecule has 5 nitrogen and oxygen atoms in total. The van der Waals surface area contributed by atoms with E-state index in [0.717, 1.165) is 42.8 Å². The molecule has 1 aliphatic rings. The summed E-state index contributed by atoms with van der Waals surface area (Å²) in [6.45, 7) is 6.62. The molecular formula is C18H26N2O3. The van der Waals surface area contributed by atoms with E-state index in [1.165, 1.54) is 0 Å². The first kappa shape index (κ1) is 17.3. The smallest absolute Gasteiger partial charge is 0.223 e. The lowest BCUT2D eigenvalue weighted by Crippen LogP contribution is -2.31. The molecule has 0 saturated carbocycles. The average Bonchev–Trinajstić information content (AvgIpc) is 2.88. The molecule has 1 aromatic carbocycles. The third kappa shape index (κ3) is 5.93. The average molecular weight is 318 g/mol. The Kier molecular flexibility index (Phi) is 6.44. The van der Waals surface area contributed by atoms with Gasteiger partial charge >= 0.3 is 0 Å². The molecule has 0 bridgehead atoms. The Labute approximate surface area is 138 Å². The normalized spacial score (nSPS) is 14.2. The predicted molar refractivity (Wildman–Crippen MR) is 89.5 cm³/mol. The molecule has 0 aromatic heterocycles. The van der Waals surface area contributed by atoms with Crippen LogP contribution in [0, 0.1) is 13.8 Å². The Morgan fingerprint density at radius 2 is 2.00 bits per heavy atom. The van der Waals surface area contributed by atoms with Gasteiger partial charge in [-0.15, -0.1) is 0 Å². The van der Waals surface area contributed by atoms with Gasteiger partial charge in [0, 0.05) is 26.1 Å². The van der Waals surface area contributed by atoms with E-state index in [4.69, 9.17) is 4.74 Å². The van der Waals surface area contributed by atoms with E-state index >= 15 is 0 Å². The van der Waals surface area contributed by atoms with Crippen LogP contribution in [-0.4, -0.2) is 43.0 Å². The fourth-order valence-corrected chi connectivity index (χ4v) is 2.80. The van der Waals surface area contributed by atoms with Crippen LogP contribution in [0.15, 0.2) is 18.2 Å². The number of ether oxygens (including phenoxy) is 1. The standard InChI is InChI=1S/C18H26N2O3/c1-14-11-15(2)13-16(12-14)23-10-6-17(21)19-7-4-9-20-8-3-5-18(20)22/h11-13H,3-10H2,1-2H3,(H,19,21). The number of hydrogen-bond donors (Lipinski definition) is 1. The van der Waals surface area contributed by atoms with Gasteiger partial charge in [0.1, 0.15) is 5.75 Å². The third-order valence-electron chi connectivity index (χ3n) is 3.89. The van der Waals surface area contributed by atoms with Crippen molar-refractivity contribution in [3.63, 3.8) is 0 Å². The number of nitrogens with zero attached hydrogens (tertiary/aromatic N) is 1. The van der Waals surface area contributed by atoms with Crippen molar-refractivity contribution in [3.8, 4) is 5.75 Å². The Balaban J connectivity index is 1.57. The van der Waals surface area contributed by atoms with Crippen molar-refractivity contribution in [1.82, 2.24) is 10.2 Å². The minimum Gasteiger partial charge on any atom is -0.493 e. The molecule has 1 aromatic rings. The van der Waals surface area contributed by atoms with Crippen molar-refractivity contribution in [3.05, 3.63) is 29.3 Å². The van der Waals surface area contributed by atoms with Crippen LogP contribution >= 0.6 is 0 Å². The number of nitrogens with one attached hydrogen (secondary N) is 1. The number of hydrogen-bond acceptors (Lipinski definition) is 3. The SMILES string of the molecule is Cc1cc(C)cc(OCCC(=O)NCCCN2CCCC2=O)c1. The van der Waals surface area contributed by atoms with Crippen molar-refractivity contribution in [2.24, 2.45) is 0 Å². The first-order chi connectivity index (χ1) is 11.0. The molecule has 1 aliphatic heterocycles. The Morgan fingerprint density at radius 1 is 1.26 bits per heavy atom. The second-order valence-corrected chi connectivity index (χ2v) is 6.11. The molecule has 1 saturated heterocycles. The van der Waals surface area contributed by atoms with Crippen LogP contribution in [0.2, 0.25) is 0 Å². The molecule has 1 heterocycles. The van der Waals surface area contributed by atoms with Crippen molar-refractivity contribution in [2.75, 3.05) is 26.2 Å². The Hall–Kier alpha value is -2.04. The van der Waals surface area contributed by atoms with E-state index in [-0.39, 0.29) is 11.8 Å². The number of benzene rings is 1. The minimum atomic E-state index is -0.0119. The summed E-state index contributed by atoms with van der Waals surface area (Å²) in [6.07, 6.45) is 2.77. The summed E-state index contributed by atoms with van der Waals surface area (Å²) in [7, 11) is 0. The molecule has 1 N–H and O–H groups in total. The van der Waals surface area contributed by atoms with Crippen molar-refractivity contribution in [2.45, 2.75) is 39.5 Å². The second-order valence-electron chi connectivity index (χ2n) is 6.11. The van der Waals surface area contributed by atoms with Crippen LogP contribution in [0.5, 0.6) is 5.75 Å². The van der Waals surface area contributed by atoms with Gasteiger partial charge in [-0.2, -0.15) is 0 Å². The van der Waals surface area contributed by atoms with Gasteiger partial charge in [-0.25, -0.2) is 0 Å². The number of rotatable bonds is 8. The summed E-state index contributed by atoms with van der Waals surface area (Å²) in [5.41, 5.74) is 2.31. The highest BCUT2D eigenvalue weighted by atomic mass is 16.5. The number of amides is 2. The zero-order chi connectivity index (χ0) is 16.7. The second kappa shape index (κ2) is 8.56. The van der Waals surface area contributed by atoms with Gasteiger partial charge in [-0.3, -0.25) is 9.59 Å². The number of carbonyl (C=O) groups is 2. The van der Waals surface area contributed by atoms with E-state index in [1.54, 1.807) is 0 Å². The molecular weight excluding hydrogens is 292 g/mol. The maximum Gasteiger partial charge on any atom is 0.223 e. The first-order valence-corrected chi connectivity index (χ1v) is 8.30. The van der Waals surface area contributed by atoms with Crippen LogP contribution in [0.1, 0.15) is 36.8 Å². The highest BCUT2D eigenvalue weighted by molar-refractivity contribution is 5.78. The molecule has 5 heteroatoms. The highest BCUT2D eigenvalue weighted by Gasteiger charge is 2.18. The van der Waals surface area contributed by atoms with Crippen molar-refractivity contribution in [1.29, 1.82) is 0 Å². The first-order valence-electron chi connectivity index (χ1n) is 8.30. The van der Waals surface area contributed by atoms with E-state index in [1.807, 2.05) is 30.9 Å². The largest absolute Gasteiger partial charge is 0.493 e. The van der Waals surface area contributed by atoms with Crippen LogP contribution in [0.3, 0.4) is 0 Å². The maximum absolute atomic E-state index is 11.8. The molecule has 2 amide bonds. The van der Waals surface area contributed by atoms with E-state index < -0.39 is 0 Å². The predicted octanol–water partition coefficient (Wildman–Crippen LogP) is 2.20. The summed E-state index contributed by atoms with van der Waals surface area (Å²) in [5.74, 6) is 1.03. The van der Waals surface area contributed by atoms with Gasteiger partial charge in [0.25, 0.3) is 0 Å². The van der Waals surface area contributed by atoms with Gasteiger partial charge in [0.05, 0.1) is 13.0 Å². The van der Waals surface area contributed by atoms with Gasteiger partial charge in [0.15, 0.2) is 0 Å². The highest BCUT2D eigenvalue weighted by Crippen LogP contribution is 2.16. The van der Waals surface area contributed by atoms with E-state index in [9.17, 15) is 9.59 Å². The third-order valence-corrected chi connectivity index (χ3v) is 3.89. The van der Waals surface area contributed by atoms with Gasteiger partial charge in [-0.05, 0) is 49.9 Å². The van der Waals surface area contributed by atoms with Crippen molar-refractivity contribution >= 4 is 11.8 Å². The molecule has 0 unspecified atom stereocenters. The van der Waals surface area contributed by atoms with Crippen LogP contribution < -0.4 is 10.1 Å². The molecule has 0 aliphatic carbocycles. The zero-order valence-corrected chi connectivity index (χ0v) is 14.1. The number of carbonyl (C=O) groups excluding carboxylic acids is 2. The lowest BCUT2D eigenvalue weighted by atomic mass is 10.1. The molecule has 23 heavy (non-hydrogen) atoms. The number of aryl methyl sites for hydroxylation is 2. The van der Waals surface area contributed by atoms with Gasteiger partial charge in [0.2, 0.25) is 11.8 Å². The molecule has 0 spiro atoms. The van der Waals surface area contributed by atoms with Gasteiger partial charge in [-0.1, -0.05) is 6.07 Å². The van der Waals surface area contributed by atoms with Crippen LogP contribution in [-0.2, 0) is 9.59 Å². The Morgan fingerprint density at radius 3 is 2.65 bits per heavy atom. The fraction of sp³-hybridized carbons (Fsp3) is 0.556. The van der Waals surface area contributed by atoms with Crippen molar-refractivity contribution < 1.29 is 14.3 Å². The quantitative estimate of drug-likeness (QED) is 0.748. The fourth-order valence-electron chi connectivity index (χ4n) is 2.80. The lowest BCUT2D eigenvalue weighted by Gasteiger charge is -2.15. The van der Waals surface area contributed by atoms with E-state index in [2.05, 4.69) is 11.4 Å². The monoisotopic (exact) mass is 318 g/mol. The summed E-state index contributed by atoms with van der Waals surface area (Å²) in [5, 5.41) is 2.87. The maximum atomic E-state index is 11.8. The lowest BCUT2D eigenvalue weighted by molar-refractivity contribution is -0.127.